The van der Waals surface area contributed by atoms with Crippen LogP contribution in [0.25, 0.3) is 0 Å². The molecule has 1 fully saturated rings. The van der Waals surface area contributed by atoms with Gasteiger partial charge in [0.1, 0.15) is 0 Å². The quantitative estimate of drug-likeness (QED) is 0.866. The molecule has 1 aliphatic rings. The van der Waals surface area contributed by atoms with Crippen LogP contribution in [-0.2, 0) is 4.74 Å². The van der Waals surface area contributed by atoms with Gasteiger partial charge >= 0.3 is 5.97 Å². The van der Waals surface area contributed by atoms with Crippen LogP contribution in [0.15, 0.2) is 12.1 Å². The number of hydrogen-bond acceptors (Lipinski definition) is 4. The highest BCUT2D eigenvalue weighted by Gasteiger charge is 2.20. The molecule has 1 aromatic rings. The topological polar surface area (TPSA) is 38.3 Å². The first kappa shape index (κ1) is 15.1. The molecule has 20 heavy (non-hydrogen) atoms. The fourth-order valence-corrected chi connectivity index (χ4v) is 3.36. The van der Waals surface area contributed by atoms with Crippen molar-refractivity contribution in [3.8, 4) is 0 Å². The van der Waals surface area contributed by atoms with Crippen molar-refractivity contribution in [3.63, 3.8) is 0 Å². The molecule has 2 rings (SSSR count). The van der Waals surface area contributed by atoms with Crippen molar-refractivity contribution in [3.05, 3.63) is 29.3 Å². The molecule has 0 aliphatic carbocycles. The number of carbonyl (C=O) groups is 1. The SMILES string of the molecule is COC(=O)c1ccc(NCC2CCSCC2)c(F)c1F. The fraction of sp³-hybridized carbons (Fsp3) is 0.500. The van der Waals surface area contributed by atoms with Crippen molar-refractivity contribution in [2.45, 2.75) is 12.8 Å². The lowest BCUT2D eigenvalue weighted by atomic mass is 10.0. The highest BCUT2D eigenvalue weighted by molar-refractivity contribution is 7.99. The summed E-state index contributed by atoms with van der Waals surface area (Å²) in [6.07, 6.45) is 2.17. The van der Waals surface area contributed by atoms with E-state index in [0.717, 1.165) is 31.5 Å². The zero-order valence-corrected chi connectivity index (χ0v) is 12.1. The number of rotatable bonds is 4. The van der Waals surface area contributed by atoms with E-state index in [1.807, 2.05) is 11.8 Å². The number of ether oxygens (including phenoxy) is 1. The van der Waals surface area contributed by atoms with Crippen LogP contribution in [-0.4, -0.2) is 31.1 Å². The van der Waals surface area contributed by atoms with Gasteiger partial charge in [0.25, 0.3) is 0 Å². The molecule has 0 saturated carbocycles. The second kappa shape index (κ2) is 6.92. The van der Waals surface area contributed by atoms with Crippen LogP contribution in [0.1, 0.15) is 23.2 Å². The van der Waals surface area contributed by atoms with Crippen molar-refractivity contribution in [1.29, 1.82) is 0 Å². The normalized spacial score (nSPS) is 15.9. The van der Waals surface area contributed by atoms with Crippen molar-refractivity contribution >= 4 is 23.4 Å². The number of nitrogens with one attached hydrogen (secondary N) is 1. The third-order valence-electron chi connectivity index (χ3n) is 3.41. The van der Waals surface area contributed by atoms with Crippen LogP contribution < -0.4 is 5.32 Å². The van der Waals surface area contributed by atoms with E-state index in [1.54, 1.807) is 0 Å². The summed E-state index contributed by atoms with van der Waals surface area (Å²) in [6.45, 7) is 0.620. The molecule has 0 spiro atoms. The first-order valence-electron chi connectivity index (χ1n) is 6.51. The van der Waals surface area contributed by atoms with Gasteiger partial charge in [0.15, 0.2) is 11.6 Å². The molecule has 1 N–H and O–H groups in total. The summed E-state index contributed by atoms with van der Waals surface area (Å²) in [5.41, 5.74) is -0.294. The Labute approximate surface area is 121 Å². The monoisotopic (exact) mass is 301 g/mol. The Morgan fingerprint density at radius 3 is 2.70 bits per heavy atom. The van der Waals surface area contributed by atoms with E-state index < -0.39 is 17.6 Å². The number of esters is 1. The molecule has 3 nitrogen and oxygen atoms in total. The molecule has 6 heteroatoms. The van der Waals surface area contributed by atoms with Gasteiger partial charge in [0, 0.05) is 6.54 Å². The molecule has 0 radical (unpaired) electrons. The van der Waals surface area contributed by atoms with Crippen LogP contribution in [0.2, 0.25) is 0 Å². The predicted octanol–water partition coefficient (Wildman–Crippen LogP) is 3.31. The maximum Gasteiger partial charge on any atom is 0.340 e. The summed E-state index contributed by atoms with van der Waals surface area (Å²) in [5.74, 6) is -0.357. The minimum Gasteiger partial charge on any atom is -0.465 e. The van der Waals surface area contributed by atoms with Gasteiger partial charge < -0.3 is 10.1 Å². The smallest absolute Gasteiger partial charge is 0.340 e. The zero-order valence-electron chi connectivity index (χ0n) is 11.2. The molecule has 110 valence electrons. The Bertz CT molecular complexity index is 490. The molecule has 0 bridgehead atoms. The minimum atomic E-state index is -1.17. The van der Waals surface area contributed by atoms with E-state index in [-0.39, 0.29) is 11.3 Å². The second-order valence-corrected chi connectivity index (χ2v) is 5.94. The Balaban J connectivity index is 2.05. The number of hydrogen-bond donors (Lipinski definition) is 1. The molecule has 0 unspecified atom stereocenters. The molecular formula is C14H17F2NO2S. The molecule has 0 aromatic heterocycles. The highest BCUT2D eigenvalue weighted by atomic mass is 32.2. The van der Waals surface area contributed by atoms with E-state index in [2.05, 4.69) is 10.1 Å². The molecule has 0 atom stereocenters. The average Bonchev–Trinajstić information content (AvgIpc) is 2.49. The highest BCUT2D eigenvalue weighted by Crippen LogP contribution is 2.25. The van der Waals surface area contributed by atoms with Crippen LogP contribution in [0.4, 0.5) is 14.5 Å². The van der Waals surface area contributed by atoms with Gasteiger partial charge in [-0.3, -0.25) is 0 Å². The maximum absolute atomic E-state index is 13.9. The van der Waals surface area contributed by atoms with Crippen molar-refractivity contribution < 1.29 is 18.3 Å². The van der Waals surface area contributed by atoms with Gasteiger partial charge in [-0.05, 0) is 42.4 Å². The number of halogens is 2. The Kier molecular flexibility index (Phi) is 5.23. The van der Waals surface area contributed by atoms with Gasteiger partial charge in [0.2, 0.25) is 0 Å². The Hall–Kier alpha value is -1.30. The summed E-state index contributed by atoms with van der Waals surface area (Å²) in [5, 5.41) is 2.93. The standard InChI is InChI=1S/C14H17F2NO2S/c1-19-14(18)10-2-3-11(13(16)12(10)15)17-8-9-4-6-20-7-5-9/h2-3,9,17H,4-8H2,1H3. The minimum absolute atomic E-state index is 0.0911. The first-order chi connectivity index (χ1) is 9.63. The van der Waals surface area contributed by atoms with Crippen molar-refractivity contribution in [1.82, 2.24) is 0 Å². The first-order valence-corrected chi connectivity index (χ1v) is 7.67. The van der Waals surface area contributed by atoms with Crippen LogP contribution >= 0.6 is 11.8 Å². The number of anilines is 1. The molecule has 1 heterocycles. The summed E-state index contributed by atoms with van der Waals surface area (Å²) in [4.78, 5) is 11.3. The summed E-state index contributed by atoms with van der Waals surface area (Å²) in [6, 6.07) is 2.62. The van der Waals surface area contributed by atoms with Gasteiger partial charge in [0.05, 0.1) is 18.4 Å². The van der Waals surface area contributed by atoms with E-state index >= 15 is 0 Å². The van der Waals surface area contributed by atoms with Gasteiger partial charge in [-0.1, -0.05) is 0 Å². The lowest BCUT2D eigenvalue weighted by molar-refractivity contribution is 0.0594. The van der Waals surface area contributed by atoms with Crippen molar-refractivity contribution in [2.75, 3.05) is 30.5 Å². The van der Waals surface area contributed by atoms with E-state index in [4.69, 9.17) is 0 Å². The van der Waals surface area contributed by atoms with Crippen LogP contribution in [0.3, 0.4) is 0 Å². The number of thioether (sulfide) groups is 1. The molecule has 1 saturated heterocycles. The number of methoxy groups -OCH3 is 1. The van der Waals surface area contributed by atoms with Gasteiger partial charge in [-0.15, -0.1) is 0 Å². The third kappa shape index (κ3) is 3.42. The van der Waals surface area contributed by atoms with Crippen molar-refractivity contribution in [2.24, 2.45) is 5.92 Å². The summed E-state index contributed by atoms with van der Waals surface area (Å²) in [7, 11) is 1.13. The Morgan fingerprint density at radius 1 is 1.35 bits per heavy atom. The molecule has 0 amide bonds. The largest absolute Gasteiger partial charge is 0.465 e. The summed E-state index contributed by atoms with van der Waals surface area (Å²) < 4.78 is 32.0. The van der Waals surface area contributed by atoms with Crippen LogP contribution in [0.5, 0.6) is 0 Å². The molecule has 1 aromatic carbocycles. The fourth-order valence-electron chi connectivity index (χ4n) is 2.16. The van der Waals surface area contributed by atoms with Gasteiger partial charge in [-0.2, -0.15) is 11.8 Å². The van der Waals surface area contributed by atoms with E-state index in [9.17, 15) is 13.6 Å². The lowest BCUT2D eigenvalue weighted by Gasteiger charge is -2.22. The number of carbonyl (C=O) groups excluding carboxylic acids is 1. The second-order valence-electron chi connectivity index (χ2n) is 4.72. The van der Waals surface area contributed by atoms with Crippen LogP contribution in [0, 0.1) is 17.6 Å². The predicted molar refractivity (Wildman–Crippen MR) is 76.2 cm³/mol. The third-order valence-corrected chi connectivity index (χ3v) is 4.46. The maximum atomic E-state index is 13.9. The molecular weight excluding hydrogens is 284 g/mol. The summed E-state index contributed by atoms with van der Waals surface area (Å²) >= 11 is 1.92. The zero-order chi connectivity index (χ0) is 14.5. The average molecular weight is 301 g/mol. The molecule has 1 aliphatic heterocycles. The van der Waals surface area contributed by atoms with E-state index in [0.29, 0.717) is 12.5 Å². The van der Waals surface area contributed by atoms with Gasteiger partial charge in [-0.25, -0.2) is 13.6 Å². The lowest BCUT2D eigenvalue weighted by Crippen LogP contribution is -2.20. The number of benzene rings is 1. The Morgan fingerprint density at radius 2 is 2.05 bits per heavy atom. The van der Waals surface area contributed by atoms with E-state index in [1.165, 1.54) is 12.1 Å².